The second kappa shape index (κ2) is 6.94. The van der Waals surface area contributed by atoms with Gasteiger partial charge in [0.1, 0.15) is 5.82 Å². The van der Waals surface area contributed by atoms with Crippen molar-refractivity contribution in [2.75, 3.05) is 31.1 Å². The lowest BCUT2D eigenvalue weighted by Crippen LogP contribution is -2.50. The summed E-state index contributed by atoms with van der Waals surface area (Å²) in [4.78, 5) is 20.0. The van der Waals surface area contributed by atoms with Crippen LogP contribution in [0.2, 0.25) is 0 Å². The van der Waals surface area contributed by atoms with Gasteiger partial charge in [0.05, 0.1) is 11.4 Å². The number of para-hydroxylation sites is 1. The summed E-state index contributed by atoms with van der Waals surface area (Å²) in [5.41, 5.74) is 0.0689. The maximum Gasteiger partial charge on any atom is 0.279 e. The molecule has 0 amide bonds. The highest BCUT2D eigenvalue weighted by Crippen LogP contribution is 2.24. The van der Waals surface area contributed by atoms with Gasteiger partial charge in [0.15, 0.2) is 9.86 Å². The fourth-order valence-electron chi connectivity index (χ4n) is 3.44. The van der Waals surface area contributed by atoms with Crippen molar-refractivity contribution in [2.24, 2.45) is 0 Å². The minimum Gasteiger partial charge on any atom is -0.367 e. The van der Waals surface area contributed by atoms with Gasteiger partial charge in [-0.3, -0.25) is 9.20 Å². The van der Waals surface area contributed by atoms with Gasteiger partial charge < -0.3 is 4.90 Å². The van der Waals surface area contributed by atoms with Crippen LogP contribution < -0.4 is 10.5 Å². The molecule has 1 aliphatic rings. The summed E-state index contributed by atoms with van der Waals surface area (Å²) in [5, 5.41) is 0. The average molecular weight is 423 g/mol. The third-order valence-electron chi connectivity index (χ3n) is 4.80. The molecule has 0 N–H and O–H groups in total. The SMILES string of the molecule is Cc1cn2c(=O)c(S(=O)(=O)N3CCN(c4ccccc4F)CC3)c(C)nc2s1. The molecule has 0 saturated carbocycles. The molecule has 0 bridgehead atoms. The second-order valence-electron chi connectivity index (χ2n) is 6.67. The number of piperazine rings is 1. The van der Waals surface area contributed by atoms with E-state index in [1.54, 1.807) is 31.3 Å². The predicted molar refractivity (Wildman–Crippen MR) is 106 cm³/mol. The van der Waals surface area contributed by atoms with Crippen molar-refractivity contribution in [3.8, 4) is 0 Å². The van der Waals surface area contributed by atoms with Crippen LogP contribution in [0.1, 0.15) is 10.6 Å². The Morgan fingerprint density at radius 3 is 2.46 bits per heavy atom. The van der Waals surface area contributed by atoms with Crippen molar-refractivity contribution in [1.82, 2.24) is 13.7 Å². The molecule has 28 heavy (non-hydrogen) atoms. The highest BCUT2D eigenvalue weighted by atomic mass is 32.2. The normalized spacial score (nSPS) is 16.0. The summed E-state index contributed by atoms with van der Waals surface area (Å²) < 4.78 is 42.9. The van der Waals surface area contributed by atoms with Gasteiger partial charge in [-0.15, -0.1) is 11.3 Å². The predicted octanol–water partition coefficient (Wildman–Crippen LogP) is 2.02. The fourth-order valence-corrected chi connectivity index (χ4v) is 5.94. The van der Waals surface area contributed by atoms with Gasteiger partial charge in [0, 0.05) is 37.3 Å². The number of nitrogens with zero attached hydrogens (tertiary/aromatic N) is 4. The Kier molecular flexibility index (Phi) is 4.72. The van der Waals surface area contributed by atoms with Crippen molar-refractivity contribution in [3.63, 3.8) is 0 Å². The van der Waals surface area contributed by atoms with Gasteiger partial charge in [0.25, 0.3) is 15.6 Å². The largest absolute Gasteiger partial charge is 0.367 e. The number of hydrogen-bond acceptors (Lipinski definition) is 6. The molecule has 1 aromatic carbocycles. The number of anilines is 1. The van der Waals surface area contributed by atoms with Crippen LogP contribution >= 0.6 is 11.3 Å². The molecule has 0 unspecified atom stereocenters. The number of hydrogen-bond donors (Lipinski definition) is 0. The van der Waals surface area contributed by atoms with E-state index < -0.39 is 15.6 Å². The van der Waals surface area contributed by atoms with E-state index in [-0.39, 0.29) is 29.5 Å². The highest BCUT2D eigenvalue weighted by Gasteiger charge is 2.33. The highest BCUT2D eigenvalue weighted by molar-refractivity contribution is 7.89. The Morgan fingerprint density at radius 1 is 1.11 bits per heavy atom. The van der Waals surface area contributed by atoms with Crippen molar-refractivity contribution in [3.05, 3.63) is 57.2 Å². The Balaban J connectivity index is 1.65. The number of sulfonamides is 1. The third kappa shape index (κ3) is 3.11. The smallest absolute Gasteiger partial charge is 0.279 e. The molecule has 148 valence electrons. The van der Waals surface area contributed by atoms with Gasteiger partial charge in [-0.1, -0.05) is 12.1 Å². The van der Waals surface area contributed by atoms with E-state index in [0.29, 0.717) is 23.7 Å². The standard InChI is InChI=1S/C18H19FN4O3S2/c1-12-11-23-17(24)16(13(2)20-18(23)27-12)28(25,26)22-9-7-21(8-10-22)15-6-4-3-5-14(15)19/h3-6,11H,7-10H2,1-2H3. The third-order valence-corrected chi connectivity index (χ3v) is 7.73. The number of rotatable bonds is 3. The van der Waals surface area contributed by atoms with E-state index in [1.807, 2.05) is 11.8 Å². The number of aryl methyl sites for hydroxylation is 2. The molecule has 0 atom stereocenters. The first-order chi connectivity index (χ1) is 13.3. The summed E-state index contributed by atoms with van der Waals surface area (Å²) >= 11 is 1.34. The van der Waals surface area contributed by atoms with Gasteiger partial charge in [-0.05, 0) is 26.0 Å². The molecule has 3 aromatic rings. The van der Waals surface area contributed by atoms with Crippen molar-refractivity contribution >= 4 is 32.0 Å². The van der Waals surface area contributed by atoms with Crippen molar-refractivity contribution < 1.29 is 12.8 Å². The average Bonchev–Trinajstić information content (AvgIpc) is 3.02. The van der Waals surface area contributed by atoms with E-state index in [2.05, 4.69) is 4.98 Å². The zero-order valence-corrected chi connectivity index (χ0v) is 17.1. The quantitative estimate of drug-likeness (QED) is 0.646. The molecule has 3 heterocycles. The maximum atomic E-state index is 14.0. The zero-order valence-electron chi connectivity index (χ0n) is 15.4. The molecular weight excluding hydrogens is 403 g/mol. The van der Waals surface area contributed by atoms with Crippen molar-refractivity contribution in [1.29, 1.82) is 0 Å². The Labute approximate surface area is 165 Å². The number of aromatic nitrogens is 2. The van der Waals surface area contributed by atoms with Crippen LogP contribution in [0.15, 0.2) is 40.2 Å². The first-order valence-electron chi connectivity index (χ1n) is 8.78. The number of thiazole rings is 1. The maximum absolute atomic E-state index is 14.0. The second-order valence-corrected chi connectivity index (χ2v) is 9.76. The summed E-state index contributed by atoms with van der Waals surface area (Å²) in [6.45, 7) is 4.40. The summed E-state index contributed by atoms with van der Waals surface area (Å²) in [6, 6.07) is 6.42. The topological polar surface area (TPSA) is 75.0 Å². The van der Waals surface area contributed by atoms with E-state index in [0.717, 1.165) is 4.88 Å². The Hall–Kier alpha value is -2.30. The molecule has 4 rings (SSSR count). The van der Waals surface area contributed by atoms with Gasteiger partial charge >= 0.3 is 0 Å². The molecule has 1 saturated heterocycles. The number of halogens is 1. The summed E-state index contributed by atoms with van der Waals surface area (Å²) in [7, 11) is -4.00. The molecule has 0 spiro atoms. The van der Waals surface area contributed by atoms with Crippen LogP contribution in [0.25, 0.3) is 4.96 Å². The van der Waals surface area contributed by atoms with Crippen LogP contribution in [-0.4, -0.2) is 48.3 Å². The fraction of sp³-hybridized carbons (Fsp3) is 0.333. The molecule has 1 fully saturated rings. The lowest BCUT2D eigenvalue weighted by molar-refractivity contribution is 0.382. The van der Waals surface area contributed by atoms with Crippen LogP contribution in [0, 0.1) is 19.7 Å². The van der Waals surface area contributed by atoms with E-state index in [9.17, 15) is 17.6 Å². The van der Waals surface area contributed by atoms with Crippen LogP contribution in [0.3, 0.4) is 0 Å². The number of fused-ring (bicyclic) bond motifs is 1. The Bertz CT molecular complexity index is 1210. The molecule has 10 heteroatoms. The van der Waals surface area contributed by atoms with E-state index in [1.165, 1.54) is 26.1 Å². The molecule has 2 aromatic heterocycles. The first-order valence-corrected chi connectivity index (χ1v) is 11.0. The monoisotopic (exact) mass is 422 g/mol. The lowest BCUT2D eigenvalue weighted by Gasteiger charge is -2.35. The van der Waals surface area contributed by atoms with Gasteiger partial charge in [-0.25, -0.2) is 17.8 Å². The molecule has 0 aliphatic carbocycles. The van der Waals surface area contributed by atoms with Crippen LogP contribution in [-0.2, 0) is 10.0 Å². The minimum absolute atomic E-state index is 0.168. The molecule has 0 radical (unpaired) electrons. The van der Waals surface area contributed by atoms with Crippen LogP contribution in [0.4, 0.5) is 10.1 Å². The van der Waals surface area contributed by atoms with Crippen LogP contribution in [0.5, 0.6) is 0 Å². The van der Waals surface area contributed by atoms with E-state index in [4.69, 9.17) is 0 Å². The summed E-state index contributed by atoms with van der Waals surface area (Å²) in [6.07, 6.45) is 1.60. The zero-order chi connectivity index (χ0) is 20.1. The van der Waals surface area contributed by atoms with Crippen molar-refractivity contribution in [2.45, 2.75) is 18.7 Å². The van der Waals surface area contributed by atoms with E-state index >= 15 is 0 Å². The van der Waals surface area contributed by atoms with Gasteiger partial charge in [0.2, 0.25) is 0 Å². The molecular formula is C18H19FN4O3S2. The summed E-state index contributed by atoms with van der Waals surface area (Å²) in [5.74, 6) is -0.338. The molecule has 7 nitrogen and oxygen atoms in total. The minimum atomic E-state index is -4.00. The Morgan fingerprint density at radius 2 is 1.79 bits per heavy atom. The number of benzene rings is 1. The lowest BCUT2D eigenvalue weighted by atomic mass is 10.2. The molecule has 1 aliphatic heterocycles. The van der Waals surface area contributed by atoms with Gasteiger partial charge in [-0.2, -0.15) is 4.31 Å². The first kappa shape index (κ1) is 19.0.